The number of aliphatic carboxylic acids is 1. The predicted molar refractivity (Wildman–Crippen MR) is 93.5 cm³/mol. The van der Waals surface area contributed by atoms with Crippen LogP contribution in [0.25, 0.3) is 0 Å². The first-order valence-corrected chi connectivity index (χ1v) is 9.26. The van der Waals surface area contributed by atoms with Gasteiger partial charge in [-0.05, 0) is 13.0 Å². The third kappa shape index (κ3) is 3.42. The summed E-state index contributed by atoms with van der Waals surface area (Å²) in [5.74, 6) is -2.49. The number of hydrogen-bond acceptors (Lipinski definition) is 7. The number of nitrogens with one attached hydrogen (secondary N) is 1. The molecule has 0 unspecified atom stereocenters. The van der Waals surface area contributed by atoms with Gasteiger partial charge in [-0.1, -0.05) is 0 Å². The van der Waals surface area contributed by atoms with Crippen molar-refractivity contribution in [2.45, 2.75) is 31.8 Å². The number of β-lactam (4-membered cyclic amide) rings is 1. The minimum absolute atomic E-state index is 0.186. The molecule has 144 valence electrons. The Kier molecular flexibility index (Phi) is 5.22. The van der Waals surface area contributed by atoms with Crippen molar-refractivity contribution < 1.29 is 29.0 Å². The Morgan fingerprint density at radius 3 is 2.81 bits per heavy atom. The topological polar surface area (TPSA) is 131 Å². The predicted octanol–water partition coefficient (Wildman–Crippen LogP) is -0.182. The molecule has 27 heavy (non-hydrogen) atoms. The number of carbonyl (C=O) groups excluding carboxylic acids is 3. The Labute approximate surface area is 158 Å². The second-order valence-electron chi connectivity index (χ2n) is 5.93. The highest BCUT2D eigenvalue weighted by molar-refractivity contribution is 8.00. The summed E-state index contributed by atoms with van der Waals surface area (Å²) in [6.07, 6.45) is 1.50. The summed E-state index contributed by atoms with van der Waals surface area (Å²) in [6.45, 7) is 3.38. The average molecular weight is 394 g/mol. The van der Waals surface area contributed by atoms with E-state index in [1.165, 1.54) is 29.6 Å². The molecule has 0 spiro atoms. The zero-order valence-electron chi connectivity index (χ0n) is 14.7. The SMILES string of the molecule is CCn1nccc1C(=O)N[C@H]1C(=O)N2C(C(=O)O)=C(COC(C)=O)CS[C@@H]12. The van der Waals surface area contributed by atoms with Gasteiger partial charge in [0.15, 0.2) is 0 Å². The van der Waals surface area contributed by atoms with E-state index >= 15 is 0 Å². The van der Waals surface area contributed by atoms with E-state index in [-0.39, 0.29) is 18.1 Å². The van der Waals surface area contributed by atoms with Crippen molar-refractivity contribution in [3.8, 4) is 0 Å². The van der Waals surface area contributed by atoms with Gasteiger partial charge in [0.2, 0.25) is 0 Å². The van der Waals surface area contributed by atoms with Crippen molar-refractivity contribution in [1.82, 2.24) is 20.0 Å². The molecule has 3 rings (SSSR count). The number of carboxylic acids is 1. The number of amides is 2. The van der Waals surface area contributed by atoms with Crippen LogP contribution in [0.2, 0.25) is 0 Å². The summed E-state index contributed by atoms with van der Waals surface area (Å²) in [7, 11) is 0. The maximum absolute atomic E-state index is 12.5. The largest absolute Gasteiger partial charge is 0.477 e. The molecule has 0 aromatic carbocycles. The lowest BCUT2D eigenvalue weighted by Crippen LogP contribution is -2.70. The number of aryl methyl sites for hydroxylation is 1. The van der Waals surface area contributed by atoms with Crippen LogP contribution in [-0.4, -0.2) is 67.3 Å². The Hall–Kier alpha value is -2.82. The van der Waals surface area contributed by atoms with E-state index in [9.17, 15) is 24.3 Å². The minimum Gasteiger partial charge on any atom is -0.477 e. The molecule has 1 aromatic heterocycles. The third-order valence-corrected chi connectivity index (χ3v) is 5.57. The molecular formula is C16H18N4O6S. The van der Waals surface area contributed by atoms with Crippen molar-refractivity contribution in [2.75, 3.05) is 12.4 Å². The van der Waals surface area contributed by atoms with Crippen molar-refractivity contribution in [3.63, 3.8) is 0 Å². The van der Waals surface area contributed by atoms with Crippen molar-refractivity contribution in [3.05, 3.63) is 29.2 Å². The maximum Gasteiger partial charge on any atom is 0.352 e. The van der Waals surface area contributed by atoms with Gasteiger partial charge in [-0.2, -0.15) is 5.10 Å². The molecule has 0 radical (unpaired) electrons. The number of carbonyl (C=O) groups is 4. The van der Waals surface area contributed by atoms with Gasteiger partial charge in [0, 0.05) is 31.0 Å². The number of aromatic nitrogens is 2. The summed E-state index contributed by atoms with van der Waals surface area (Å²) in [5.41, 5.74) is 0.490. The standard InChI is InChI=1S/C16H18N4O6S/c1-3-19-10(4-5-17-19)13(22)18-11-14(23)20-12(16(24)25)9(6-26-8(2)21)7-27-15(11)20/h4-5,11,15H,3,6-7H2,1-2H3,(H,18,22)(H,24,25)/t11-,15-/m0/s1. The lowest BCUT2D eigenvalue weighted by atomic mass is 10.0. The van der Waals surface area contributed by atoms with Crippen molar-refractivity contribution >= 4 is 35.5 Å². The van der Waals surface area contributed by atoms with E-state index < -0.39 is 35.2 Å². The average Bonchev–Trinajstić information content (AvgIpc) is 3.11. The molecule has 3 heterocycles. The molecular weight excluding hydrogens is 376 g/mol. The zero-order valence-corrected chi connectivity index (χ0v) is 15.5. The number of hydrogen-bond donors (Lipinski definition) is 2. The smallest absolute Gasteiger partial charge is 0.352 e. The van der Waals surface area contributed by atoms with Crippen LogP contribution in [0.3, 0.4) is 0 Å². The fourth-order valence-electron chi connectivity index (χ4n) is 2.98. The highest BCUT2D eigenvalue weighted by Crippen LogP contribution is 2.40. The Morgan fingerprint density at radius 1 is 1.44 bits per heavy atom. The van der Waals surface area contributed by atoms with Crippen LogP contribution in [0.5, 0.6) is 0 Å². The second kappa shape index (κ2) is 7.43. The first kappa shape index (κ1) is 19.0. The lowest BCUT2D eigenvalue weighted by molar-refractivity contribution is -0.149. The third-order valence-electron chi connectivity index (χ3n) is 4.23. The van der Waals surface area contributed by atoms with Crippen molar-refractivity contribution in [1.29, 1.82) is 0 Å². The molecule has 2 amide bonds. The van der Waals surface area contributed by atoms with Gasteiger partial charge in [-0.25, -0.2) is 4.79 Å². The van der Waals surface area contributed by atoms with Gasteiger partial charge in [0.25, 0.3) is 11.8 Å². The normalized spacial score (nSPS) is 21.4. The molecule has 2 N–H and O–H groups in total. The number of nitrogens with zero attached hydrogens (tertiary/aromatic N) is 3. The number of esters is 1. The molecule has 2 aliphatic heterocycles. The number of ether oxygens (including phenoxy) is 1. The molecule has 2 atom stereocenters. The highest BCUT2D eigenvalue weighted by atomic mass is 32.2. The van der Waals surface area contributed by atoms with E-state index in [0.717, 1.165) is 4.90 Å². The molecule has 1 aromatic rings. The summed E-state index contributed by atoms with van der Waals surface area (Å²) < 4.78 is 6.38. The van der Waals surface area contributed by atoms with Crippen LogP contribution >= 0.6 is 11.8 Å². The molecule has 2 aliphatic rings. The van der Waals surface area contributed by atoms with Gasteiger partial charge in [0.1, 0.15) is 29.4 Å². The monoisotopic (exact) mass is 394 g/mol. The molecule has 1 fully saturated rings. The van der Waals surface area contributed by atoms with Crippen LogP contribution in [0.15, 0.2) is 23.5 Å². The van der Waals surface area contributed by atoms with Gasteiger partial charge in [0.05, 0.1) is 0 Å². The van der Waals surface area contributed by atoms with E-state index in [1.54, 1.807) is 6.07 Å². The van der Waals surface area contributed by atoms with Crippen molar-refractivity contribution in [2.24, 2.45) is 0 Å². The number of carboxylic acid groups (broad SMARTS) is 1. The summed E-state index contributed by atoms with van der Waals surface area (Å²) >= 11 is 1.31. The first-order valence-electron chi connectivity index (χ1n) is 8.21. The van der Waals surface area contributed by atoms with Gasteiger partial charge >= 0.3 is 11.9 Å². The van der Waals surface area contributed by atoms with Crippen LogP contribution in [0.1, 0.15) is 24.3 Å². The molecule has 0 bridgehead atoms. The fraction of sp³-hybridized carbons (Fsp3) is 0.438. The van der Waals surface area contributed by atoms with E-state index in [2.05, 4.69) is 10.4 Å². The fourth-order valence-corrected chi connectivity index (χ4v) is 4.30. The molecule has 0 saturated carbocycles. The number of rotatable bonds is 6. The Bertz CT molecular complexity index is 848. The molecule has 11 heteroatoms. The van der Waals surface area contributed by atoms with Crippen LogP contribution < -0.4 is 5.32 Å². The molecule has 0 aliphatic carbocycles. The van der Waals surface area contributed by atoms with E-state index in [1.807, 2.05) is 6.92 Å². The van der Waals surface area contributed by atoms with Crippen LogP contribution in [0, 0.1) is 0 Å². The summed E-state index contributed by atoms with van der Waals surface area (Å²) in [6, 6.07) is 0.723. The van der Waals surface area contributed by atoms with Gasteiger partial charge in [-0.3, -0.25) is 24.0 Å². The van der Waals surface area contributed by atoms with Crippen LogP contribution in [0.4, 0.5) is 0 Å². The second-order valence-corrected chi connectivity index (χ2v) is 7.04. The van der Waals surface area contributed by atoms with Gasteiger partial charge in [-0.15, -0.1) is 11.8 Å². The van der Waals surface area contributed by atoms with E-state index in [0.29, 0.717) is 17.8 Å². The Morgan fingerprint density at radius 2 is 2.19 bits per heavy atom. The molecule has 10 nitrogen and oxygen atoms in total. The summed E-state index contributed by atoms with van der Waals surface area (Å²) in [4.78, 5) is 48.7. The minimum atomic E-state index is -1.27. The first-order chi connectivity index (χ1) is 12.8. The quantitative estimate of drug-likeness (QED) is 0.502. The zero-order chi connectivity index (χ0) is 19.7. The number of thioether (sulfide) groups is 1. The number of fused-ring (bicyclic) bond motifs is 1. The summed E-state index contributed by atoms with van der Waals surface area (Å²) in [5, 5.41) is 15.6. The van der Waals surface area contributed by atoms with Crippen LogP contribution in [-0.2, 0) is 25.7 Å². The Balaban J connectivity index is 1.76. The lowest BCUT2D eigenvalue weighted by Gasteiger charge is -2.49. The highest BCUT2D eigenvalue weighted by Gasteiger charge is 2.54. The molecule has 1 saturated heterocycles. The van der Waals surface area contributed by atoms with Gasteiger partial charge < -0.3 is 15.2 Å². The van der Waals surface area contributed by atoms with E-state index in [4.69, 9.17) is 4.74 Å². The maximum atomic E-state index is 12.5.